The van der Waals surface area contributed by atoms with Crippen LogP contribution >= 0.6 is 12.4 Å². The van der Waals surface area contributed by atoms with E-state index in [4.69, 9.17) is 4.74 Å². The van der Waals surface area contributed by atoms with E-state index in [1.54, 1.807) is 13.2 Å². The lowest BCUT2D eigenvalue weighted by molar-refractivity contribution is -0.138. The summed E-state index contributed by atoms with van der Waals surface area (Å²) in [6, 6.07) is 5.53. The van der Waals surface area contributed by atoms with Gasteiger partial charge in [-0.05, 0) is 50.4 Å². The minimum absolute atomic E-state index is 0. The topological polar surface area (TPSA) is 50.4 Å². The summed E-state index contributed by atoms with van der Waals surface area (Å²) in [7, 11) is 1.59. The fourth-order valence-electron chi connectivity index (χ4n) is 4.25. The number of piperidine rings is 1. The number of hydrogen-bond acceptors (Lipinski definition) is 3. The number of ether oxygens (including phenoxy) is 1. The highest BCUT2D eigenvalue weighted by Gasteiger charge is 2.44. The van der Waals surface area contributed by atoms with Crippen molar-refractivity contribution in [2.24, 2.45) is 5.41 Å². The van der Waals surface area contributed by atoms with Crippen LogP contribution in [0.15, 0.2) is 24.3 Å². The summed E-state index contributed by atoms with van der Waals surface area (Å²) in [5, 5.41) is 6.30. The van der Waals surface area contributed by atoms with Crippen molar-refractivity contribution in [2.75, 3.05) is 33.4 Å². The molecule has 1 aliphatic heterocycles. The van der Waals surface area contributed by atoms with Gasteiger partial charge in [0.25, 0.3) is 0 Å². The molecule has 2 N–H and O–H groups in total. The van der Waals surface area contributed by atoms with E-state index in [1.807, 2.05) is 0 Å². The van der Waals surface area contributed by atoms with Crippen LogP contribution < -0.4 is 10.6 Å². The number of benzene rings is 1. The van der Waals surface area contributed by atoms with Gasteiger partial charge in [0, 0.05) is 19.1 Å². The Labute approximate surface area is 170 Å². The largest absolute Gasteiger partial charge is 0.416 e. The van der Waals surface area contributed by atoms with Crippen molar-refractivity contribution in [2.45, 2.75) is 43.7 Å². The number of hydrogen-bond donors (Lipinski definition) is 2. The first-order valence-corrected chi connectivity index (χ1v) is 9.47. The molecular formula is C20H28ClF3N2O2. The predicted molar refractivity (Wildman–Crippen MR) is 104 cm³/mol. The minimum atomic E-state index is -4.36. The lowest BCUT2D eigenvalue weighted by Gasteiger charge is -2.44. The zero-order chi connectivity index (χ0) is 19.5. The van der Waals surface area contributed by atoms with Crippen LogP contribution in [0.1, 0.15) is 43.2 Å². The van der Waals surface area contributed by atoms with Crippen molar-refractivity contribution in [3.05, 3.63) is 35.4 Å². The Morgan fingerprint density at radius 2 is 1.89 bits per heavy atom. The summed E-state index contributed by atoms with van der Waals surface area (Å²) in [4.78, 5) is 13.0. The van der Waals surface area contributed by atoms with Crippen molar-refractivity contribution in [3.63, 3.8) is 0 Å². The van der Waals surface area contributed by atoms with Crippen LogP contribution in [0.4, 0.5) is 13.2 Å². The molecule has 0 atom stereocenters. The Balaban J connectivity index is 0.00000280. The Morgan fingerprint density at radius 3 is 2.43 bits per heavy atom. The normalized spacial score (nSPS) is 20.6. The fourth-order valence-corrected chi connectivity index (χ4v) is 4.25. The first-order valence-electron chi connectivity index (χ1n) is 9.47. The number of alkyl halides is 3. The second-order valence-electron chi connectivity index (χ2n) is 7.86. The van der Waals surface area contributed by atoms with E-state index in [2.05, 4.69) is 10.6 Å². The van der Waals surface area contributed by atoms with Gasteiger partial charge in [0.1, 0.15) is 0 Å². The van der Waals surface area contributed by atoms with E-state index >= 15 is 0 Å². The Morgan fingerprint density at radius 1 is 1.21 bits per heavy atom. The molecule has 2 aliphatic rings. The molecular weight excluding hydrogens is 393 g/mol. The highest BCUT2D eigenvalue weighted by atomic mass is 35.5. The van der Waals surface area contributed by atoms with Gasteiger partial charge in [0.15, 0.2) is 0 Å². The quantitative estimate of drug-likeness (QED) is 0.738. The van der Waals surface area contributed by atoms with E-state index in [0.29, 0.717) is 31.6 Å². The van der Waals surface area contributed by atoms with E-state index in [-0.39, 0.29) is 18.3 Å². The second-order valence-corrected chi connectivity index (χ2v) is 7.86. The number of nitrogens with one attached hydrogen (secondary N) is 2. The van der Waals surface area contributed by atoms with Crippen molar-refractivity contribution in [1.82, 2.24) is 10.6 Å². The van der Waals surface area contributed by atoms with Crippen molar-refractivity contribution < 1.29 is 22.7 Å². The third-order valence-corrected chi connectivity index (χ3v) is 6.16. The van der Waals surface area contributed by atoms with Crippen LogP contribution in [0, 0.1) is 5.41 Å². The molecule has 4 nitrogen and oxygen atoms in total. The van der Waals surface area contributed by atoms with Gasteiger partial charge in [-0.15, -0.1) is 12.4 Å². The van der Waals surface area contributed by atoms with Gasteiger partial charge in [-0.2, -0.15) is 13.2 Å². The van der Waals surface area contributed by atoms with Crippen molar-refractivity contribution in [1.29, 1.82) is 0 Å². The Bertz CT molecular complexity index is 666. The SMILES string of the molecule is COCC1(C(=O)NCC2(c3cccc(C(F)(F)F)c3)CCC2)CCNCC1.Cl. The summed E-state index contributed by atoms with van der Waals surface area (Å²) < 4.78 is 44.5. The maximum absolute atomic E-state index is 13.1. The van der Waals surface area contributed by atoms with Gasteiger partial charge in [-0.25, -0.2) is 0 Å². The third kappa shape index (κ3) is 4.63. The molecule has 0 aromatic heterocycles. The summed E-state index contributed by atoms with van der Waals surface area (Å²) in [5.41, 5.74) is -0.932. The molecule has 1 aromatic carbocycles. The van der Waals surface area contributed by atoms with Crippen LogP contribution in [-0.4, -0.2) is 39.3 Å². The van der Waals surface area contributed by atoms with Crippen LogP contribution in [-0.2, 0) is 21.1 Å². The molecule has 1 aromatic rings. The van der Waals surface area contributed by atoms with Crippen LogP contribution in [0.2, 0.25) is 0 Å². The summed E-state index contributed by atoms with van der Waals surface area (Å²) in [5.74, 6) is -0.0518. The summed E-state index contributed by atoms with van der Waals surface area (Å²) >= 11 is 0. The van der Waals surface area contributed by atoms with E-state index in [0.717, 1.165) is 38.4 Å². The maximum atomic E-state index is 13.1. The molecule has 158 valence electrons. The summed E-state index contributed by atoms with van der Waals surface area (Å²) in [6.07, 6.45) is -0.436. The van der Waals surface area contributed by atoms with Crippen molar-refractivity contribution >= 4 is 18.3 Å². The van der Waals surface area contributed by atoms with Crippen LogP contribution in [0.5, 0.6) is 0 Å². The monoisotopic (exact) mass is 420 g/mol. The number of halogens is 4. The highest BCUT2D eigenvalue weighted by Crippen LogP contribution is 2.45. The Hall–Kier alpha value is -1.31. The molecule has 8 heteroatoms. The zero-order valence-corrected chi connectivity index (χ0v) is 16.8. The average Bonchev–Trinajstić information content (AvgIpc) is 2.61. The molecule has 1 heterocycles. The molecule has 0 bridgehead atoms. The molecule has 0 spiro atoms. The molecule has 3 rings (SSSR count). The zero-order valence-electron chi connectivity index (χ0n) is 16.0. The average molecular weight is 421 g/mol. The van der Waals surface area contributed by atoms with Crippen LogP contribution in [0.3, 0.4) is 0 Å². The minimum Gasteiger partial charge on any atom is -0.384 e. The summed E-state index contributed by atoms with van der Waals surface area (Å²) in [6.45, 7) is 2.24. The predicted octanol–water partition coefficient (Wildman–Crippen LogP) is 3.68. The van der Waals surface area contributed by atoms with Gasteiger partial charge < -0.3 is 15.4 Å². The van der Waals surface area contributed by atoms with Gasteiger partial charge in [0.05, 0.1) is 17.6 Å². The lowest BCUT2D eigenvalue weighted by Crippen LogP contribution is -2.54. The Kier molecular flexibility index (Phi) is 7.39. The van der Waals surface area contributed by atoms with Gasteiger partial charge in [0.2, 0.25) is 5.91 Å². The van der Waals surface area contributed by atoms with Gasteiger partial charge in [-0.3, -0.25) is 4.79 Å². The smallest absolute Gasteiger partial charge is 0.384 e. The van der Waals surface area contributed by atoms with Crippen LogP contribution in [0.25, 0.3) is 0 Å². The first kappa shape index (κ1) is 23.0. The molecule has 1 saturated heterocycles. The molecule has 28 heavy (non-hydrogen) atoms. The number of rotatable bonds is 6. The molecule has 0 unspecified atom stereocenters. The van der Waals surface area contributed by atoms with Crippen molar-refractivity contribution in [3.8, 4) is 0 Å². The maximum Gasteiger partial charge on any atom is 0.416 e. The fraction of sp³-hybridized carbons (Fsp3) is 0.650. The standard InChI is InChI=1S/C20H27F3N2O2.ClH/c1-27-14-19(8-10-24-11-9-19)17(26)25-13-18(6-3-7-18)15-4-2-5-16(12-15)20(21,22)23;/h2,4-5,12,24H,3,6-11,13-14H2,1H3,(H,25,26);1H. The molecule has 1 amide bonds. The van der Waals surface area contributed by atoms with Gasteiger partial charge in [-0.1, -0.05) is 24.6 Å². The number of carbonyl (C=O) groups is 1. The number of methoxy groups -OCH3 is 1. The lowest BCUT2D eigenvalue weighted by atomic mass is 9.64. The first-order chi connectivity index (χ1) is 12.8. The van der Waals surface area contributed by atoms with E-state index < -0.39 is 22.6 Å². The third-order valence-electron chi connectivity index (χ3n) is 6.16. The van der Waals surface area contributed by atoms with Gasteiger partial charge >= 0.3 is 6.18 Å². The highest BCUT2D eigenvalue weighted by molar-refractivity contribution is 5.85. The van der Waals surface area contributed by atoms with E-state index in [1.165, 1.54) is 12.1 Å². The molecule has 1 saturated carbocycles. The van der Waals surface area contributed by atoms with E-state index in [9.17, 15) is 18.0 Å². The molecule has 1 aliphatic carbocycles. The molecule has 2 fully saturated rings. The second kappa shape index (κ2) is 9.01. The number of amides is 1. The molecule has 0 radical (unpaired) electrons. The number of carbonyl (C=O) groups excluding carboxylic acids is 1.